The van der Waals surface area contributed by atoms with Crippen LogP contribution < -0.4 is 11.1 Å². The molecule has 2 aliphatic rings. The van der Waals surface area contributed by atoms with Crippen LogP contribution in [-0.4, -0.2) is 59.8 Å². The van der Waals surface area contributed by atoms with Gasteiger partial charge in [0, 0.05) is 38.2 Å². The summed E-state index contributed by atoms with van der Waals surface area (Å²) in [5.74, 6) is -0.166. The molecule has 2 fully saturated rings. The summed E-state index contributed by atoms with van der Waals surface area (Å²) >= 11 is 1.44. The van der Waals surface area contributed by atoms with E-state index in [9.17, 15) is 4.79 Å². The molecule has 3 heterocycles. The summed E-state index contributed by atoms with van der Waals surface area (Å²) in [6, 6.07) is 0. The Balaban J connectivity index is 0.00000169. The van der Waals surface area contributed by atoms with Gasteiger partial charge in [0.15, 0.2) is 5.13 Å². The van der Waals surface area contributed by atoms with Gasteiger partial charge < -0.3 is 20.5 Å². The maximum Gasteiger partial charge on any atom is 0.246 e. The third kappa shape index (κ3) is 6.02. The van der Waals surface area contributed by atoms with E-state index in [0.717, 1.165) is 25.3 Å². The predicted octanol–water partition coefficient (Wildman–Crippen LogP) is 2.04. The van der Waals surface area contributed by atoms with Crippen molar-refractivity contribution in [2.75, 3.05) is 31.6 Å². The molecule has 0 aromatic carbocycles. The Morgan fingerprint density at radius 3 is 2.58 bits per heavy atom. The average Bonchev–Trinajstić information content (AvgIpc) is 2.94. The smallest absolute Gasteiger partial charge is 0.246 e. The highest BCUT2D eigenvalue weighted by molar-refractivity contribution is 7.13. The maximum absolute atomic E-state index is 12.4. The minimum atomic E-state index is -0.848. The third-order valence-electron chi connectivity index (χ3n) is 4.49. The van der Waals surface area contributed by atoms with E-state index in [1.54, 1.807) is 0 Å². The summed E-state index contributed by atoms with van der Waals surface area (Å²) in [6.07, 6.45) is 1.55. The fraction of sp³-hybridized carbons (Fsp3) is 0.750. The Bertz CT molecular complexity index is 574. The van der Waals surface area contributed by atoms with Crippen LogP contribution in [0, 0.1) is 0 Å². The minimum absolute atomic E-state index is 0. The van der Waals surface area contributed by atoms with Crippen LogP contribution in [0.2, 0.25) is 0 Å². The summed E-state index contributed by atoms with van der Waals surface area (Å²) in [5, 5.41) is 5.48. The summed E-state index contributed by atoms with van der Waals surface area (Å²) in [6.45, 7) is 7.80. The fourth-order valence-electron chi connectivity index (χ4n) is 3.26. The van der Waals surface area contributed by atoms with Crippen LogP contribution in [0.4, 0.5) is 5.13 Å². The van der Waals surface area contributed by atoms with Gasteiger partial charge in [-0.3, -0.25) is 9.69 Å². The zero-order chi connectivity index (χ0) is 17.2. The van der Waals surface area contributed by atoms with Gasteiger partial charge >= 0.3 is 0 Å². The fourth-order valence-corrected chi connectivity index (χ4v) is 3.96. The molecule has 26 heavy (non-hydrogen) atoms. The molecule has 1 amide bonds. The number of rotatable bonds is 4. The first-order chi connectivity index (χ1) is 11.4. The number of anilines is 1. The van der Waals surface area contributed by atoms with Crippen molar-refractivity contribution in [3.05, 3.63) is 11.1 Å². The number of morpholine rings is 1. The largest absolute Gasteiger partial charge is 0.381 e. The van der Waals surface area contributed by atoms with Gasteiger partial charge in [-0.1, -0.05) is 0 Å². The summed E-state index contributed by atoms with van der Waals surface area (Å²) in [4.78, 5) is 19.3. The van der Waals surface area contributed by atoms with Gasteiger partial charge in [0.05, 0.1) is 17.9 Å². The molecule has 0 radical (unpaired) electrons. The van der Waals surface area contributed by atoms with Crippen molar-refractivity contribution in [2.45, 2.75) is 51.0 Å². The number of carbonyl (C=O) groups is 1. The van der Waals surface area contributed by atoms with Crippen molar-refractivity contribution in [3.63, 3.8) is 0 Å². The Kier molecular flexibility index (Phi) is 9.22. The number of nitrogens with two attached hydrogens (primary N) is 1. The number of ether oxygens (including phenoxy) is 2. The lowest BCUT2D eigenvalue weighted by Crippen LogP contribution is -2.54. The molecule has 1 aromatic heterocycles. The maximum atomic E-state index is 12.4. The summed E-state index contributed by atoms with van der Waals surface area (Å²) in [7, 11) is 0. The molecule has 0 bridgehead atoms. The highest BCUT2D eigenvalue weighted by Crippen LogP contribution is 2.23. The number of carbonyl (C=O) groups excluding carboxylic acids is 1. The van der Waals surface area contributed by atoms with Gasteiger partial charge in [0.1, 0.15) is 5.54 Å². The van der Waals surface area contributed by atoms with Crippen LogP contribution >= 0.6 is 36.2 Å². The van der Waals surface area contributed by atoms with E-state index in [2.05, 4.69) is 29.0 Å². The number of hydrogen-bond donors (Lipinski definition) is 2. The van der Waals surface area contributed by atoms with Gasteiger partial charge in [0.25, 0.3) is 0 Å². The number of aromatic nitrogens is 1. The van der Waals surface area contributed by atoms with Crippen LogP contribution in [0.25, 0.3) is 0 Å². The SMILES string of the molecule is CC1CN(Cc2csc(NC(=O)C3(N)CCOCC3)n2)CC(C)O1.Cl.Cl. The first-order valence-corrected chi connectivity index (χ1v) is 9.33. The lowest BCUT2D eigenvalue weighted by atomic mass is 9.90. The quantitative estimate of drug-likeness (QED) is 0.765. The van der Waals surface area contributed by atoms with E-state index in [1.807, 2.05) is 5.38 Å². The molecule has 0 spiro atoms. The van der Waals surface area contributed by atoms with Crippen molar-refractivity contribution in [2.24, 2.45) is 5.73 Å². The second-order valence-electron chi connectivity index (χ2n) is 6.82. The number of thiazole rings is 1. The van der Waals surface area contributed by atoms with Crippen molar-refractivity contribution in [1.82, 2.24) is 9.88 Å². The third-order valence-corrected chi connectivity index (χ3v) is 5.30. The molecule has 10 heteroatoms. The topological polar surface area (TPSA) is 89.7 Å². The van der Waals surface area contributed by atoms with E-state index in [1.165, 1.54) is 11.3 Å². The molecular formula is C16H28Cl2N4O3S. The molecule has 0 saturated carbocycles. The Labute approximate surface area is 170 Å². The van der Waals surface area contributed by atoms with E-state index in [-0.39, 0.29) is 42.9 Å². The molecule has 2 atom stereocenters. The molecule has 3 rings (SSSR count). The molecule has 150 valence electrons. The normalized spacial score (nSPS) is 25.7. The molecule has 3 N–H and O–H groups in total. The van der Waals surface area contributed by atoms with E-state index in [0.29, 0.717) is 31.2 Å². The van der Waals surface area contributed by atoms with Crippen LogP contribution in [0.3, 0.4) is 0 Å². The molecule has 2 unspecified atom stereocenters. The lowest BCUT2D eigenvalue weighted by molar-refractivity contribution is -0.124. The van der Waals surface area contributed by atoms with Crippen LogP contribution in [0.15, 0.2) is 5.38 Å². The molecular weight excluding hydrogens is 399 g/mol. The number of nitrogens with one attached hydrogen (secondary N) is 1. The second-order valence-corrected chi connectivity index (χ2v) is 7.68. The molecule has 2 aliphatic heterocycles. The Morgan fingerprint density at radius 2 is 1.96 bits per heavy atom. The average molecular weight is 427 g/mol. The molecule has 2 saturated heterocycles. The van der Waals surface area contributed by atoms with Crippen LogP contribution in [0.5, 0.6) is 0 Å². The van der Waals surface area contributed by atoms with Gasteiger partial charge in [-0.2, -0.15) is 0 Å². The molecule has 7 nitrogen and oxygen atoms in total. The van der Waals surface area contributed by atoms with E-state index in [4.69, 9.17) is 15.2 Å². The monoisotopic (exact) mass is 426 g/mol. The van der Waals surface area contributed by atoms with Crippen molar-refractivity contribution >= 4 is 47.2 Å². The van der Waals surface area contributed by atoms with Crippen LogP contribution in [-0.2, 0) is 20.8 Å². The second kappa shape index (κ2) is 10.2. The summed E-state index contributed by atoms with van der Waals surface area (Å²) < 4.78 is 11.0. The standard InChI is InChI=1S/C16H26N4O3S.2ClH/c1-11-7-20(8-12(2)23-11)9-13-10-24-15(18-13)19-14(21)16(17)3-5-22-6-4-16;;/h10-12H,3-9,17H2,1-2H3,(H,18,19,21);2*1H. The summed E-state index contributed by atoms with van der Waals surface area (Å²) in [5.41, 5.74) is 6.32. The number of hydrogen-bond acceptors (Lipinski definition) is 7. The highest BCUT2D eigenvalue weighted by atomic mass is 35.5. The van der Waals surface area contributed by atoms with Crippen molar-refractivity contribution < 1.29 is 14.3 Å². The van der Waals surface area contributed by atoms with Crippen LogP contribution in [0.1, 0.15) is 32.4 Å². The number of amides is 1. The van der Waals surface area contributed by atoms with Gasteiger partial charge in [-0.25, -0.2) is 4.98 Å². The molecule has 0 aliphatic carbocycles. The number of halogens is 2. The van der Waals surface area contributed by atoms with E-state index >= 15 is 0 Å². The van der Waals surface area contributed by atoms with Gasteiger partial charge in [-0.05, 0) is 26.7 Å². The van der Waals surface area contributed by atoms with Gasteiger partial charge in [0.2, 0.25) is 5.91 Å². The Morgan fingerprint density at radius 1 is 1.35 bits per heavy atom. The number of nitrogens with zero attached hydrogens (tertiary/aromatic N) is 2. The van der Waals surface area contributed by atoms with Crippen molar-refractivity contribution in [1.29, 1.82) is 0 Å². The Hall–Kier alpha value is -0.480. The first kappa shape index (κ1) is 23.6. The lowest BCUT2D eigenvalue weighted by Gasteiger charge is -2.34. The highest BCUT2D eigenvalue weighted by Gasteiger charge is 2.36. The predicted molar refractivity (Wildman–Crippen MR) is 107 cm³/mol. The zero-order valence-electron chi connectivity index (χ0n) is 15.1. The minimum Gasteiger partial charge on any atom is -0.381 e. The van der Waals surface area contributed by atoms with Crippen molar-refractivity contribution in [3.8, 4) is 0 Å². The zero-order valence-corrected chi connectivity index (χ0v) is 17.6. The first-order valence-electron chi connectivity index (χ1n) is 8.45. The molecule has 1 aromatic rings. The van der Waals surface area contributed by atoms with Gasteiger partial charge in [-0.15, -0.1) is 36.2 Å². The van der Waals surface area contributed by atoms with E-state index < -0.39 is 5.54 Å².